The van der Waals surface area contributed by atoms with E-state index in [4.69, 9.17) is 14.2 Å². The van der Waals surface area contributed by atoms with Crippen molar-refractivity contribution in [3.05, 3.63) is 35.9 Å². The number of piperidine rings is 1. The van der Waals surface area contributed by atoms with Crippen LogP contribution in [0.3, 0.4) is 0 Å². The molecule has 8 nitrogen and oxygen atoms in total. The van der Waals surface area contributed by atoms with Gasteiger partial charge >= 0.3 is 18.2 Å². The standard InChI is InChI=1S/C21H30N2O6/c1-21(2,3)29-20(26)23-12-10-16(11-13-23)17(18(24)27-4)22-19(25)28-14-15-8-6-5-7-9-15/h5-9,16-17H,10-14H2,1-4H3,(H,22,25)/t17-/m1/s1. The van der Waals surface area contributed by atoms with Gasteiger partial charge in [0.2, 0.25) is 0 Å². The molecule has 2 amide bonds. The number of carbonyl (C=O) groups excluding carboxylic acids is 3. The van der Waals surface area contributed by atoms with E-state index in [0.717, 1.165) is 5.56 Å². The third-order valence-electron chi connectivity index (χ3n) is 4.60. The van der Waals surface area contributed by atoms with Crippen molar-refractivity contribution < 1.29 is 28.6 Å². The summed E-state index contributed by atoms with van der Waals surface area (Å²) >= 11 is 0. The van der Waals surface area contributed by atoms with Gasteiger partial charge in [-0.05, 0) is 45.1 Å². The maximum atomic E-state index is 12.2. The Morgan fingerprint density at radius 2 is 1.76 bits per heavy atom. The molecular formula is C21H30N2O6. The molecule has 0 saturated carbocycles. The Morgan fingerprint density at radius 3 is 2.31 bits per heavy atom. The average molecular weight is 406 g/mol. The molecule has 29 heavy (non-hydrogen) atoms. The van der Waals surface area contributed by atoms with E-state index in [0.29, 0.717) is 25.9 Å². The summed E-state index contributed by atoms with van der Waals surface area (Å²) in [5, 5.41) is 2.62. The zero-order valence-corrected chi connectivity index (χ0v) is 17.5. The van der Waals surface area contributed by atoms with Crippen LogP contribution < -0.4 is 5.32 Å². The summed E-state index contributed by atoms with van der Waals surface area (Å²) in [5.41, 5.74) is 0.287. The Morgan fingerprint density at radius 1 is 1.14 bits per heavy atom. The molecule has 160 valence electrons. The molecule has 1 atom stereocenters. The van der Waals surface area contributed by atoms with Crippen molar-refractivity contribution in [1.29, 1.82) is 0 Å². The van der Waals surface area contributed by atoms with Crippen LogP contribution in [-0.2, 0) is 25.6 Å². The van der Waals surface area contributed by atoms with Crippen molar-refractivity contribution in [1.82, 2.24) is 10.2 Å². The smallest absolute Gasteiger partial charge is 0.410 e. The first-order valence-corrected chi connectivity index (χ1v) is 9.72. The van der Waals surface area contributed by atoms with Crippen molar-refractivity contribution in [3.63, 3.8) is 0 Å². The summed E-state index contributed by atoms with van der Waals surface area (Å²) in [7, 11) is 1.28. The lowest BCUT2D eigenvalue weighted by Gasteiger charge is -2.35. The number of rotatable bonds is 5. The lowest BCUT2D eigenvalue weighted by molar-refractivity contribution is -0.145. The minimum Gasteiger partial charge on any atom is -0.467 e. The Bertz CT molecular complexity index is 693. The number of hydrogen-bond donors (Lipinski definition) is 1. The summed E-state index contributed by atoms with van der Waals surface area (Å²) in [6, 6.07) is 8.44. The molecule has 0 bridgehead atoms. The third-order valence-corrected chi connectivity index (χ3v) is 4.60. The number of nitrogens with one attached hydrogen (secondary N) is 1. The van der Waals surface area contributed by atoms with Gasteiger partial charge in [-0.15, -0.1) is 0 Å². The molecule has 1 aliphatic heterocycles. The number of carbonyl (C=O) groups is 3. The Hall–Kier alpha value is -2.77. The third kappa shape index (κ3) is 7.29. The van der Waals surface area contributed by atoms with Crippen LogP contribution in [0.5, 0.6) is 0 Å². The summed E-state index contributed by atoms with van der Waals surface area (Å²) in [5.74, 6) is -0.692. The number of esters is 1. The predicted molar refractivity (Wildman–Crippen MR) is 106 cm³/mol. The number of ether oxygens (including phenoxy) is 3. The molecule has 2 rings (SSSR count). The van der Waals surface area contributed by atoms with Crippen LogP contribution in [0.4, 0.5) is 9.59 Å². The fraction of sp³-hybridized carbons (Fsp3) is 0.571. The Balaban J connectivity index is 1.89. The Labute approximate surface area is 171 Å². The summed E-state index contributed by atoms with van der Waals surface area (Å²) in [4.78, 5) is 38.2. The molecule has 0 aliphatic carbocycles. The second-order valence-electron chi connectivity index (χ2n) is 8.01. The molecule has 1 heterocycles. The highest BCUT2D eigenvalue weighted by atomic mass is 16.6. The van der Waals surface area contributed by atoms with Gasteiger partial charge < -0.3 is 24.4 Å². The van der Waals surface area contributed by atoms with Crippen LogP contribution in [0.15, 0.2) is 30.3 Å². The maximum absolute atomic E-state index is 12.2. The van der Waals surface area contributed by atoms with Gasteiger partial charge in [0.15, 0.2) is 0 Å². The molecule has 1 aromatic rings. The topological polar surface area (TPSA) is 94.2 Å². The van der Waals surface area contributed by atoms with Crippen molar-refractivity contribution in [2.45, 2.75) is 51.9 Å². The van der Waals surface area contributed by atoms with Gasteiger partial charge in [0.1, 0.15) is 18.2 Å². The molecular weight excluding hydrogens is 376 g/mol. The van der Waals surface area contributed by atoms with Gasteiger partial charge in [0, 0.05) is 13.1 Å². The van der Waals surface area contributed by atoms with Crippen LogP contribution in [0.1, 0.15) is 39.2 Å². The van der Waals surface area contributed by atoms with Gasteiger partial charge in [0.25, 0.3) is 0 Å². The van der Waals surface area contributed by atoms with Crippen LogP contribution in [0.2, 0.25) is 0 Å². The molecule has 1 aromatic carbocycles. The lowest BCUT2D eigenvalue weighted by atomic mass is 9.89. The van der Waals surface area contributed by atoms with E-state index >= 15 is 0 Å². The Kier molecular flexibility index (Phi) is 7.87. The first-order chi connectivity index (χ1) is 13.7. The van der Waals surface area contributed by atoms with Crippen LogP contribution >= 0.6 is 0 Å². The minimum absolute atomic E-state index is 0.109. The van der Waals surface area contributed by atoms with Gasteiger partial charge in [-0.3, -0.25) is 0 Å². The number of methoxy groups -OCH3 is 1. The van der Waals surface area contributed by atoms with E-state index in [1.807, 2.05) is 51.1 Å². The van der Waals surface area contributed by atoms with Crippen LogP contribution in [0.25, 0.3) is 0 Å². The number of likely N-dealkylation sites (tertiary alicyclic amines) is 1. The molecule has 1 saturated heterocycles. The van der Waals surface area contributed by atoms with Gasteiger partial charge in [-0.1, -0.05) is 30.3 Å². The first kappa shape index (κ1) is 22.5. The largest absolute Gasteiger partial charge is 0.467 e. The van der Waals surface area contributed by atoms with Crippen molar-refractivity contribution in [3.8, 4) is 0 Å². The molecule has 1 aliphatic rings. The quantitative estimate of drug-likeness (QED) is 0.596. The second kappa shape index (κ2) is 10.1. The number of benzene rings is 1. The zero-order valence-electron chi connectivity index (χ0n) is 17.5. The van der Waals surface area contributed by atoms with E-state index in [-0.39, 0.29) is 18.6 Å². The van der Waals surface area contributed by atoms with E-state index in [2.05, 4.69) is 5.32 Å². The average Bonchev–Trinajstić information content (AvgIpc) is 2.69. The highest BCUT2D eigenvalue weighted by molar-refractivity contribution is 5.81. The molecule has 0 aromatic heterocycles. The highest BCUT2D eigenvalue weighted by Crippen LogP contribution is 2.23. The molecule has 0 unspecified atom stereocenters. The van der Waals surface area contributed by atoms with Crippen molar-refractivity contribution >= 4 is 18.2 Å². The van der Waals surface area contributed by atoms with Crippen molar-refractivity contribution in [2.24, 2.45) is 5.92 Å². The van der Waals surface area contributed by atoms with E-state index in [1.54, 1.807) is 4.90 Å². The van der Waals surface area contributed by atoms with Crippen LogP contribution in [-0.4, -0.2) is 54.9 Å². The fourth-order valence-corrected chi connectivity index (χ4v) is 3.13. The van der Waals surface area contributed by atoms with Crippen molar-refractivity contribution in [2.75, 3.05) is 20.2 Å². The van der Waals surface area contributed by atoms with Crippen LogP contribution in [0, 0.1) is 5.92 Å². The fourth-order valence-electron chi connectivity index (χ4n) is 3.13. The lowest BCUT2D eigenvalue weighted by Crippen LogP contribution is -2.51. The van der Waals surface area contributed by atoms with E-state index in [1.165, 1.54) is 7.11 Å². The zero-order chi connectivity index (χ0) is 21.4. The molecule has 1 N–H and O–H groups in total. The number of alkyl carbamates (subject to hydrolysis) is 1. The molecule has 8 heteroatoms. The first-order valence-electron chi connectivity index (χ1n) is 9.72. The highest BCUT2D eigenvalue weighted by Gasteiger charge is 2.35. The molecule has 0 spiro atoms. The normalized spacial score (nSPS) is 15.9. The molecule has 0 radical (unpaired) electrons. The minimum atomic E-state index is -0.830. The summed E-state index contributed by atoms with van der Waals surface area (Å²) < 4.78 is 15.5. The second-order valence-corrected chi connectivity index (χ2v) is 8.01. The van der Waals surface area contributed by atoms with Gasteiger partial charge in [-0.2, -0.15) is 0 Å². The van der Waals surface area contributed by atoms with Gasteiger partial charge in [0.05, 0.1) is 7.11 Å². The number of hydrogen-bond acceptors (Lipinski definition) is 6. The monoisotopic (exact) mass is 406 g/mol. The number of amides is 2. The summed E-state index contributed by atoms with van der Waals surface area (Å²) in [6.45, 7) is 6.43. The maximum Gasteiger partial charge on any atom is 0.410 e. The van der Waals surface area contributed by atoms with E-state index in [9.17, 15) is 14.4 Å². The van der Waals surface area contributed by atoms with Gasteiger partial charge in [-0.25, -0.2) is 14.4 Å². The molecule has 1 fully saturated rings. The summed E-state index contributed by atoms with van der Waals surface area (Å²) in [6.07, 6.45) is 0.0234. The number of nitrogens with zero attached hydrogens (tertiary/aromatic N) is 1. The SMILES string of the molecule is COC(=O)[C@H](NC(=O)OCc1ccccc1)C1CCN(C(=O)OC(C)(C)C)CC1. The van der Waals surface area contributed by atoms with E-state index < -0.39 is 23.7 Å². The predicted octanol–water partition coefficient (Wildman–Crippen LogP) is 3.10.